The summed E-state index contributed by atoms with van der Waals surface area (Å²) < 4.78 is 32.7. The van der Waals surface area contributed by atoms with Crippen molar-refractivity contribution in [1.29, 1.82) is 0 Å². The Morgan fingerprint density at radius 1 is 1.14 bits per heavy atom. The van der Waals surface area contributed by atoms with E-state index in [9.17, 15) is 18.5 Å². The lowest BCUT2D eigenvalue weighted by Gasteiger charge is -2.21. The molecule has 0 aliphatic heterocycles. The van der Waals surface area contributed by atoms with Crippen molar-refractivity contribution < 1.29 is 18.1 Å². The number of nitro benzene ring substituents is 1. The van der Waals surface area contributed by atoms with Gasteiger partial charge in [-0.1, -0.05) is 19.1 Å². The molecule has 2 aromatic carbocycles. The standard InChI is InChI=1S/C20H27N3O5S/c1-6-17(14-7-9-15(28-5)10-8-14)21-18-12-11-16(13-19(18)23(24)25)29(26,27)22-20(2,3)4/h7-13,17,21-22H,6H2,1-5H3/t17-/m0/s1. The third-order valence-electron chi connectivity index (χ3n) is 4.17. The average molecular weight is 422 g/mol. The van der Waals surface area contributed by atoms with Crippen LogP contribution in [0.15, 0.2) is 47.4 Å². The van der Waals surface area contributed by atoms with Crippen molar-refractivity contribution in [2.75, 3.05) is 12.4 Å². The molecule has 0 saturated heterocycles. The zero-order valence-corrected chi connectivity index (χ0v) is 18.0. The van der Waals surface area contributed by atoms with Crippen molar-refractivity contribution in [1.82, 2.24) is 4.72 Å². The Balaban J connectivity index is 2.38. The normalized spacial score (nSPS) is 13.0. The van der Waals surface area contributed by atoms with Crippen molar-refractivity contribution in [3.63, 3.8) is 0 Å². The molecular weight excluding hydrogens is 394 g/mol. The van der Waals surface area contributed by atoms with E-state index in [0.29, 0.717) is 6.42 Å². The fourth-order valence-corrected chi connectivity index (χ4v) is 4.30. The number of methoxy groups -OCH3 is 1. The molecule has 0 fully saturated rings. The lowest BCUT2D eigenvalue weighted by Crippen LogP contribution is -2.40. The number of nitrogens with one attached hydrogen (secondary N) is 2. The van der Waals surface area contributed by atoms with Crippen LogP contribution in [0.1, 0.15) is 45.7 Å². The van der Waals surface area contributed by atoms with Crippen molar-refractivity contribution in [2.45, 2.75) is 50.6 Å². The summed E-state index contributed by atoms with van der Waals surface area (Å²) >= 11 is 0. The lowest BCUT2D eigenvalue weighted by atomic mass is 10.0. The van der Waals surface area contributed by atoms with Gasteiger partial charge in [0, 0.05) is 11.6 Å². The maximum atomic E-state index is 12.5. The van der Waals surface area contributed by atoms with Crippen LogP contribution in [-0.4, -0.2) is 26.0 Å². The summed E-state index contributed by atoms with van der Waals surface area (Å²) in [6.07, 6.45) is 0.676. The Morgan fingerprint density at radius 2 is 1.76 bits per heavy atom. The second-order valence-electron chi connectivity index (χ2n) is 7.67. The third kappa shape index (κ3) is 5.91. The summed E-state index contributed by atoms with van der Waals surface area (Å²) in [5.41, 5.74) is 0.196. The van der Waals surface area contributed by atoms with E-state index in [1.54, 1.807) is 27.9 Å². The molecule has 9 heteroatoms. The molecule has 0 spiro atoms. The number of nitrogens with zero attached hydrogens (tertiary/aromatic N) is 1. The molecule has 2 rings (SSSR count). The van der Waals surface area contributed by atoms with Crippen LogP contribution in [-0.2, 0) is 10.0 Å². The summed E-state index contributed by atoms with van der Waals surface area (Å²) in [5.74, 6) is 0.718. The number of ether oxygens (including phenoxy) is 1. The van der Waals surface area contributed by atoms with Crippen LogP contribution >= 0.6 is 0 Å². The first kappa shape index (κ1) is 22.6. The molecule has 1 atom stereocenters. The maximum Gasteiger partial charge on any atom is 0.293 e. The zero-order valence-electron chi connectivity index (χ0n) is 17.2. The van der Waals surface area contributed by atoms with Gasteiger partial charge in [0.25, 0.3) is 5.69 Å². The molecular formula is C20H27N3O5S. The summed E-state index contributed by atoms with van der Waals surface area (Å²) in [6.45, 7) is 7.07. The van der Waals surface area contributed by atoms with Crippen molar-refractivity contribution >= 4 is 21.4 Å². The predicted molar refractivity (Wildman–Crippen MR) is 113 cm³/mol. The van der Waals surface area contributed by atoms with Gasteiger partial charge in [-0.15, -0.1) is 0 Å². The Kier molecular flexibility index (Phi) is 6.86. The highest BCUT2D eigenvalue weighted by Crippen LogP contribution is 2.32. The minimum Gasteiger partial charge on any atom is -0.497 e. The molecule has 0 aliphatic carbocycles. The van der Waals surface area contributed by atoms with Crippen molar-refractivity contribution in [3.05, 3.63) is 58.1 Å². The number of nitro groups is 1. The lowest BCUT2D eigenvalue weighted by molar-refractivity contribution is -0.384. The van der Waals surface area contributed by atoms with Gasteiger partial charge in [-0.3, -0.25) is 10.1 Å². The summed E-state index contributed by atoms with van der Waals surface area (Å²) in [7, 11) is -2.30. The average Bonchev–Trinajstić information content (AvgIpc) is 2.64. The van der Waals surface area contributed by atoms with Gasteiger partial charge in [0.05, 0.1) is 23.0 Å². The second-order valence-corrected chi connectivity index (χ2v) is 9.35. The highest BCUT2D eigenvalue weighted by Gasteiger charge is 2.26. The van der Waals surface area contributed by atoms with Crippen LogP contribution < -0.4 is 14.8 Å². The predicted octanol–water partition coefficient (Wildman–Crippen LogP) is 4.24. The van der Waals surface area contributed by atoms with Gasteiger partial charge in [-0.05, 0) is 57.0 Å². The molecule has 0 aromatic heterocycles. The third-order valence-corrected chi connectivity index (χ3v) is 5.93. The molecule has 2 N–H and O–H groups in total. The Morgan fingerprint density at radius 3 is 2.24 bits per heavy atom. The first-order valence-corrected chi connectivity index (χ1v) is 10.7. The monoisotopic (exact) mass is 421 g/mol. The second kappa shape index (κ2) is 8.79. The van der Waals surface area contributed by atoms with Gasteiger partial charge in [-0.25, -0.2) is 13.1 Å². The fourth-order valence-electron chi connectivity index (χ4n) is 2.86. The van der Waals surface area contributed by atoms with Gasteiger partial charge in [0.15, 0.2) is 0 Å². The quantitative estimate of drug-likeness (QED) is 0.487. The fraction of sp³-hybridized carbons (Fsp3) is 0.400. The van der Waals surface area contributed by atoms with Gasteiger partial charge in [-0.2, -0.15) is 0 Å². The van der Waals surface area contributed by atoms with E-state index >= 15 is 0 Å². The van der Waals surface area contributed by atoms with Crippen molar-refractivity contribution in [2.24, 2.45) is 0 Å². The highest BCUT2D eigenvalue weighted by molar-refractivity contribution is 7.89. The Bertz CT molecular complexity index is 967. The number of anilines is 1. The molecule has 0 saturated carbocycles. The number of rotatable bonds is 8. The smallest absolute Gasteiger partial charge is 0.293 e. The van der Waals surface area contributed by atoms with Gasteiger partial charge >= 0.3 is 0 Å². The zero-order chi connectivity index (χ0) is 21.8. The molecule has 0 amide bonds. The molecule has 2 aromatic rings. The van der Waals surface area contributed by atoms with Crippen LogP contribution in [0.25, 0.3) is 0 Å². The van der Waals surface area contributed by atoms with Crippen LogP contribution in [0.4, 0.5) is 11.4 Å². The Labute approximate surface area is 171 Å². The number of sulfonamides is 1. The van der Waals surface area contributed by atoms with Crippen molar-refractivity contribution in [3.8, 4) is 5.75 Å². The molecule has 158 valence electrons. The van der Waals surface area contributed by atoms with Crippen LogP contribution in [0, 0.1) is 10.1 Å². The van der Waals surface area contributed by atoms with E-state index in [4.69, 9.17) is 4.74 Å². The largest absolute Gasteiger partial charge is 0.497 e. The number of benzene rings is 2. The van der Waals surface area contributed by atoms with Crippen LogP contribution in [0.5, 0.6) is 5.75 Å². The van der Waals surface area contributed by atoms with E-state index in [1.807, 2.05) is 31.2 Å². The molecule has 0 heterocycles. The van der Waals surface area contributed by atoms with Gasteiger partial charge < -0.3 is 10.1 Å². The minimum absolute atomic E-state index is 0.151. The topological polar surface area (TPSA) is 111 Å². The molecule has 0 radical (unpaired) electrons. The van der Waals surface area contributed by atoms with Gasteiger partial charge in [0.1, 0.15) is 11.4 Å². The van der Waals surface area contributed by atoms with E-state index < -0.39 is 20.5 Å². The molecule has 0 aliphatic rings. The van der Waals surface area contributed by atoms with Gasteiger partial charge in [0.2, 0.25) is 10.0 Å². The minimum atomic E-state index is -3.88. The summed E-state index contributed by atoms with van der Waals surface area (Å²) in [5, 5.41) is 14.8. The van der Waals surface area contributed by atoms with E-state index in [-0.39, 0.29) is 22.3 Å². The van der Waals surface area contributed by atoms with E-state index in [0.717, 1.165) is 17.4 Å². The molecule has 0 unspecified atom stereocenters. The first-order valence-electron chi connectivity index (χ1n) is 9.19. The van der Waals surface area contributed by atoms with Crippen LogP contribution in [0.2, 0.25) is 0 Å². The summed E-state index contributed by atoms with van der Waals surface area (Å²) in [4.78, 5) is 10.9. The van der Waals surface area contributed by atoms with E-state index in [2.05, 4.69) is 10.0 Å². The summed E-state index contributed by atoms with van der Waals surface area (Å²) in [6, 6.07) is 11.1. The number of hydrogen-bond acceptors (Lipinski definition) is 6. The highest BCUT2D eigenvalue weighted by atomic mass is 32.2. The maximum absolute atomic E-state index is 12.5. The van der Waals surface area contributed by atoms with E-state index in [1.165, 1.54) is 12.1 Å². The Hall–Kier alpha value is -2.65. The first-order chi connectivity index (χ1) is 13.5. The SMILES string of the molecule is CC[C@H](Nc1ccc(S(=O)(=O)NC(C)(C)C)cc1[N+](=O)[O-])c1ccc(OC)cc1. The molecule has 0 bridgehead atoms. The molecule has 8 nitrogen and oxygen atoms in total. The van der Waals surface area contributed by atoms with Crippen LogP contribution in [0.3, 0.4) is 0 Å². The number of hydrogen-bond donors (Lipinski definition) is 2. The molecule has 29 heavy (non-hydrogen) atoms.